The predicted octanol–water partition coefficient (Wildman–Crippen LogP) is 0.868. The van der Waals surface area contributed by atoms with E-state index in [0.29, 0.717) is 12.0 Å². The second-order valence-electron chi connectivity index (χ2n) is 4.77. The lowest BCUT2D eigenvalue weighted by Gasteiger charge is -2.33. The van der Waals surface area contributed by atoms with Crippen LogP contribution in [0.2, 0.25) is 0 Å². The van der Waals surface area contributed by atoms with Crippen molar-refractivity contribution in [3.63, 3.8) is 0 Å². The maximum Gasteiger partial charge on any atom is 0.0824 e. The third-order valence-electron chi connectivity index (χ3n) is 3.19. The quantitative estimate of drug-likeness (QED) is 0.767. The van der Waals surface area contributed by atoms with E-state index in [4.69, 9.17) is 10.5 Å². The number of nitrogens with two attached hydrogens (primary N) is 1. The van der Waals surface area contributed by atoms with Crippen LogP contribution < -0.4 is 5.73 Å². The first kappa shape index (κ1) is 12.2. The van der Waals surface area contributed by atoms with Gasteiger partial charge in [-0.2, -0.15) is 0 Å². The summed E-state index contributed by atoms with van der Waals surface area (Å²) >= 11 is 0. The largest absolute Gasteiger partial charge is 0.374 e. The summed E-state index contributed by atoms with van der Waals surface area (Å²) in [6.45, 7) is 7.26. The Hall–Kier alpha value is 0.170. The molecule has 2 N–H and O–H groups in total. The van der Waals surface area contributed by atoms with Gasteiger partial charge in [-0.1, -0.05) is 6.92 Å². The average Bonchev–Trinajstić information content (AvgIpc) is 2.84. The molecule has 1 aliphatic carbocycles. The van der Waals surface area contributed by atoms with Crippen LogP contribution in [0.1, 0.15) is 19.8 Å². The molecule has 84 valence electrons. The minimum Gasteiger partial charge on any atom is -0.374 e. The van der Waals surface area contributed by atoms with Gasteiger partial charge in [-0.3, -0.25) is 4.90 Å². The van der Waals surface area contributed by atoms with Gasteiger partial charge >= 0.3 is 0 Å². The normalized spacial score (nSPS) is 30.9. The molecule has 0 aromatic rings. The van der Waals surface area contributed by atoms with Crippen LogP contribution in [0.4, 0.5) is 0 Å². The number of rotatable bonds is 3. The highest BCUT2D eigenvalue weighted by Crippen LogP contribution is 2.45. The lowest BCUT2D eigenvalue weighted by atomic mass is 10.1. The summed E-state index contributed by atoms with van der Waals surface area (Å²) in [5, 5.41) is 0. The Bertz CT molecular complexity index is 185. The van der Waals surface area contributed by atoms with Crippen LogP contribution in [0.3, 0.4) is 0 Å². The van der Waals surface area contributed by atoms with Crippen molar-refractivity contribution < 1.29 is 4.74 Å². The van der Waals surface area contributed by atoms with E-state index in [1.54, 1.807) is 0 Å². The molecule has 1 aliphatic heterocycles. The van der Waals surface area contributed by atoms with Gasteiger partial charge in [0.2, 0.25) is 0 Å². The van der Waals surface area contributed by atoms with Gasteiger partial charge in [0.15, 0.2) is 0 Å². The Morgan fingerprint density at radius 1 is 1.50 bits per heavy atom. The first-order valence-electron chi connectivity index (χ1n) is 5.26. The van der Waals surface area contributed by atoms with Gasteiger partial charge in [0.25, 0.3) is 0 Å². The highest BCUT2D eigenvalue weighted by Gasteiger charge is 2.39. The van der Waals surface area contributed by atoms with Crippen LogP contribution in [0.15, 0.2) is 0 Å². The van der Waals surface area contributed by atoms with Crippen molar-refractivity contribution >= 4 is 12.4 Å². The molecule has 2 aliphatic rings. The van der Waals surface area contributed by atoms with Gasteiger partial charge < -0.3 is 10.5 Å². The van der Waals surface area contributed by atoms with Crippen molar-refractivity contribution in [2.75, 3.05) is 32.8 Å². The summed E-state index contributed by atoms with van der Waals surface area (Å²) < 4.78 is 5.53. The summed E-state index contributed by atoms with van der Waals surface area (Å²) in [4.78, 5) is 2.51. The van der Waals surface area contributed by atoms with Crippen molar-refractivity contribution in [3.05, 3.63) is 0 Å². The van der Waals surface area contributed by atoms with E-state index in [2.05, 4.69) is 11.8 Å². The van der Waals surface area contributed by atoms with E-state index >= 15 is 0 Å². The molecule has 2 rings (SSSR count). The molecule has 3 nitrogen and oxygen atoms in total. The number of halogens is 1. The molecule has 1 saturated carbocycles. The van der Waals surface area contributed by atoms with Gasteiger partial charge in [-0.05, 0) is 18.3 Å². The van der Waals surface area contributed by atoms with Gasteiger partial charge in [-0.25, -0.2) is 0 Å². The van der Waals surface area contributed by atoms with E-state index in [-0.39, 0.29) is 18.5 Å². The average molecular weight is 221 g/mol. The predicted molar refractivity (Wildman–Crippen MR) is 59.8 cm³/mol. The Balaban J connectivity index is 0.000000980. The molecule has 4 heteroatoms. The van der Waals surface area contributed by atoms with Crippen LogP contribution in [-0.4, -0.2) is 43.8 Å². The van der Waals surface area contributed by atoms with Crippen LogP contribution >= 0.6 is 12.4 Å². The van der Waals surface area contributed by atoms with Gasteiger partial charge in [0.05, 0.1) is 12.7 Å². The van der Waals surface area contributed by atoms with E-state index in [9.17, 15) is 0 Å². The SMILES string of the molecule is CC1(CN2CCOC(CN)C2)CC1.Cl. The molecule has 2 fully saturated rings. The van der Waals surface area contributed by atoms with Crippen molar-refractivity contribution in [2.45, 2.75) is 25.9 Å². The fraction of sp³-hybridized carbons (Fsp3) is 1.00. The van der Waals surface area contributed by atoms with Crippen molar-refractivity contribution in [3.8, 4) is 0 Å². The first-order chi connectivity index (χ1) is 6.22. The summed E-state index contributed by atoms with van der Waals surface area (Å²) in [6, 6.07) is 0. The summed E-state index contributed by atoms with van der Waals surface area (Å²) in [6.07, 6.45) is 3.08. The zero-order valence-electron chi connectivity index (χ0n) is 8.87. The number of hydrogen-bond acceptors (Lipinski definition) is 3. The van der Waals surface area contributed by atoms with E-state index < -0.39 is 0 Å². The maximum atomic E-state index is 5.59. The molecule has 1 heterocycles. The van der Waals surface area contributed by atoms with Crippen molar-refractivity contribution in [2.24, 2.45) is 11.1 Å². The highest BCUT2D eigenvalue weighted by molar-refractivity contribution is 5.85. The van der Waals surface area contributed by atoms with E-state index in [0.717, 1.165) is 19.7 Å². The molecular weight excluding hydrogens is 200 g/mol. The molecule has 0 bridgehead atoms. The minimum absolute atomic E-state index is 0. The fourth-order valence-corrected chi connectivity index (χ4v) is 1.98. The first-order valence-corrected chi connectivity index (χ1v) is 5.26. The smallest absolute Gasteiger partial charge is 0.0824 e. The molecule has 1 atom stereocenters. The molecule has 0 aromatic heterocycles. The third-order valence-corrected chi connectivity index (χ3v) is 3.19. The monoisotopic (exact) mass is 220 g/mol. The Labute approximate surface area is 92.4 Å². The number of morpholine rings is 1. The van der Waals surface area contributed by atoms with E-state index in [1.807, 2.05) is 0 Å². The third kappa shape index (κ3) is 3.09. The minimum atomic E-state index is 0. The van der Waals surface area contributed by atoms with E-state index in [1.165, 1.54) is 19.4 Å². The molecular formula is C10H21ClN2O. The molecule has 14 heavy (non-hydrogen) atoms. The van der Waals surface area contributed by atoms with Crippen molar-refractivity contribution in [1.82, 2.24) is 4.90 Å². The Kier molecular flexibility index (Phi) is 4.19. The zero-order valence-corrected chi connectivity index (χ0v) is 9.68. The standard InChI is InChI=1S/C10H20N2O.ClH/c1-10(2-3-10)8-12-4-5-13-9(6-11)7-12;/h9H,2-8,11H2,1H3;1H. The lowest BCUT2D eigenvalue weighted by molar-refractivity contribution is -0.0284. The van der Waals surface area contributed by atoms with Crippen molar-refractivity contribution in [1.29, 1.82) is 0 Å². The Morgan fingerprint density at radius 2 is 2.21 bits per heavy atom. The molecule has 0 spiro atoms. The second kappa shape index (κ2) is 4.79. The topological polar surface area (TPSA) is 38.5 Å². The zero-order chi connectivity index (χ0) is 9.31. The highest BCUT2D eigenvalue weighted by atomic mass is 35.5. The second-order valence-corrected chi connectivity index (χ2v) is 4.77. The fourth-order valence-electron chi connectivity index (χ4n) is 1.98. The molecule has 0 amide bonds. The number of nitrogens with zero attached hydrogens (tertiary/aromatic N) is 1. The van der Waals surface area contributed by atoms with Crippen LogP contribution in [-0.2, 0) is 4.74 Å². The molecule has 1 saturated heterocycles. The van der Waals surface area contributed by atoms with Gasteiger partial charge in [0, 0.05) is 26.2 Å². The lowest BCUT2D eigenvalue weighted by Crippen LogP contribution is -2.47. The summed E-state index contributed by atoms with van der Waals surface area (Å²) in [5.41, 5.74) is 6.21. The van der Waals surface area contributed by atoms with Crippen LogP contribution in [0.5, 0.6) is 0 Å². The van der Waals surface area contributed by atoms with Gasteiger partial charge in [0.1, 0.15) is 0 Å². The molecule has 1 unspecified atom stereocenters. The van der Waals surface area contributed by atoms with Crippen LogP contribution in [0, 0.1) is 5.41 Å². The number of ether oxygens (including phenoxy) is 1. The van der Waals surface area contributed by atoms with Crippen LogP contribution in [0.25, 0.3) is 0 Å². The summed E-state index contributed by atoms with van der Waals surface area (Å²) in [7, 11) is 0. The summed E-state index contributed by atoms with van der Waals surface area (Å²) in [5.74, 6) is 0. The maximum absolute atomic E-state index is 5.59. The van der Waals surface area contributed by atoms with Gasteiger partial charge in [-0.15, -0.1) is 12.4 Å². The Morgan fingerprint density at radius 3 is 2.79 bits per heavy atom. The molecule has 0 radical (unpaired) electrons. The number of hydrogen-bond donors (Lipinski definition) is 1. The molecule has 0 aromatic carbocycles.